The lowest BCUT2D eigenvalue weighted by molar-refractivity contribution is 0.601. The largest absolute Gasteiger partial charge is 0.339 e. The van der Waals surface area contributed by atoms with Gasteiger partial charge >= 0.3 is 0 Å². The Morgan fingerprint density at radius 2 is 1.62 bits per heavy atom. The van der Waals surface area contributed by atoms with Crippen molar-refractivity contribution in [1.82, 2.24) is 9.55 Å². The molecule has 0 spiro atoms. The van der Waals surface area contributed by atoms with Gasteiger partial charge in [0, 0.05) is 35.5 Å². The molecule has 0 saturated heterocycles. The third-order valence-corrected chi connectivity index (χ3v) is 5.20. The lowest BCUT2D eigenvalue weighted by Gasteiger charge is -2.10. The molecule has 0 aliphatic heterocycles. The Hall–Kier alpha value is -2.61. The molecule has 0 unspecified atom stereocenters. The van der Waals surface area contributed by atoms with Crippen LogP contribution in [0.2, 0.25) is 0 Å². The van der Waals surface area contributed by atoms with Crippen molar-refractivity contribution in [2.75, 3.05) is 0 Å². The van der Waals surface area contributed by atoms with Crippen LogP contribution in [0.3, 0.4) is 0 Å². The summed E-state index contributed by atoms with van der Waals surface area (Å²) in [5.74, 6) is 0. The van der Waals surface area contributed by atoms with Crippen LogP contribution in [0, 0.1) is 0 Å². The van der Waals surface area contributed by atoms with Crippen molar-refractivity contribution in [3.05, 3.63) is 78.1 Å². The number of unbranched alkanes of at least 4 members (excludes halogenated alkanes) is 3. The van der Waals surface area contributed by atoms with E-state index in [2.05, 4.69) is 72.2 Å². The molecule has 26 heavy (non-hydrogen) atoms. The Labute approximate surface area is 155 Å². The number of aromatic nitrogens is 2. The van der Waals surface area contributed by atoms with Gasteiger partial charge in [0.05, 0.1) is 11.2 Å². The molecule has 0 saturated carbocycles. The Bertz CT molecular complexity index is 999. The summed E-state index contributed by atoms with van der Waals surface area (Å²) >= 11 is 0. The number of para-hydroxylation sites is 1. The monoisotopic (exact) mass is 342 g/mol. The molecule has 2 nitrogen and oxygen atoms in total. The van der Waals surface area contributed by atoms with E-state index in [4.69, 9.17) is 4.98 Å². The van der Waals surface area contributed by atoms with E-state index in [1.54, 1.807) is 0 Å². The summed E-state index contributed by atoms with van der Waals surface area (Å²) in [4.78, 5) is 4.78. The number of fused-ring (bicyclic) bond motifs is 3. The molecule has 0 amide bonds. The second kappa shape index (κ2) is 7.74. The summed E-state index contributed by atoms with van der Waals surface area (Å²) in [7, 11) is 0. The molecule has 0 aliphatic carbocycles. The Morgan fingerprint density at radius 3 is 2.46 bits per heavy atom. The van der Waals surface area contributed by atoms with Crippen LogP contribution >= 0.6 is 0 Å². The van der Waals surface area contributed by atoms with E-state index in [1.165, 1.54) is 58.7 Å². The van der Waals surface area contributed by atoms with Crippen LogP contribution in [0.25, 0.3) is 21.8 Å². The van der Waals surface area contributed by atoms with Gasteiger partial charge in [-0.3, -0.25) is 4.98 Å². The highest BCUT2D eigenvalue weighted by Crippen LogP contribution is 2.31. The molecule has 2 heteroatoms. The van der Waals surface area contributed by atoms with Crippen LogP contribution in [-0.2, 0) is 13.0 Å². The maximum absolute atomic E-state index is 4.78. The smallest absolute Gasteiger partial charge is 0.0714 e. The van der Waals surface area contributed by atoms with Crippen molar-refractivity contribution >= 4 is 21.8 Å². The van der Waals surface area contributed by atoms with Crippen LogP contribution in [-0.4, -0.2) is 9.55 Å². The quantitative estimate of drug-likeness (QED) is 0.357. The molecular weight excluding hydrogens is 316 g/mol. The van der Waals surface area contributed by atoms with Gasteiger partial charge in [-0.1, -0.05) is 74.7 Å². The summed E-state index contributed by atoms with van der Waals surface area (Å²) in [5.41, 5.74) is 5.14. The highest BCUT2D eigenvalue weighted by Gasteiger charge is 2.14. The number of nitrogens with zero attached hydrogens (tertiary/aromatic N) is 2. The minimum absolute atomic E-state index is 0.878. The second-order valence-electron chi connectivity index (χ2n) is 7.05. The molecule has 0 fully saturated rings. The lowest BCUT2D eigenvalue weighted by Crippen LogP contribution is -2.02. The number of rotatable bonds is 7. The number of benzene rings is 2. The first-order chi connectivity index (χ1) is 12.9. The molecule has 0 N–H and O–H groups in total. The van der Waals surface area contributed by atoms with Crippen LogP contribution in [0.15, 0.2) is 66.9 Å². The van der Waals surface area contributed by atoms with E-state index >= 15 is 0 Å². The molecule has 2 heterocycles. The van der Waals surface area contributed by atoms with Gasteiger partial charge in [-0.05, 0) is 24.1 Å². The van der Waals surface area contributed by atoms with Crippen LogP contribution < -0.4 is 0 Å². The van der Waals surface area contributed by atoms with Gasteiger partial charge in [0.25, 0.3) is 0 Å². The average Bonchev–Trinajstić information content (AvgIpc) is 3.01. The highest BCUT2D eigenvalue weighted by molar-refractivity contribution is 6.08. The lowest BCUT2D eigenvalue weighted by atomic mass is 10.1. The predicted octanol–water partition coefficient (Wildman–Crippen LogP) is 6.36. The van der Waals surface area contributed by atoms with Gasteiger partial charge in [0.2, 0.25) is 0 Å². The van der Waals surface area contributed by atoms with Gasteiger partial charge in [-0.15, -0.1) is 0 Å². The summed E-state index contributed by atoms with van der Waals surface area (Å²) in [6, 6.07) is 21.6. The number of aryl methyl sites for hydroxylation is 1. The van der Waals surface area contributed by atoms with Crippen LogP contribution in [0.4, 0.5) is 0 Å². The summed E-state index contributed by atoms with van der Waals surface area (Å²) in [6.45, 7) is 3.33. The summed E-state index contributed by atoms with van der Waals surface area (Å²) in [6.07, 6.45) is 7.94. The Balaban J connectivity index is 1.82. The molecule has 0 radical (unpaired) electrons. The van der Waals surface area contributed by atoms with E-state index < -0.39 is 0 Å². The molecule has 0 bridgehead atoms. The number of pyridine rings is 1. The van der Waals surface area contributed by atoms with E-state index in [9.17, 15) is 0 Å². The van der Waals surface area contributed by atoms with Crippen molar-refractivity contribution in [3.63, 3.8) is 0 Å². The van der Waals surface area contributed by atoms with Gasteiger partial charge in [0.15, 0.2) is 0 Å². The molecule has 4 rings (SSSR count). The van der Waals surface area contributed by atoms with Crippen LogP contribution in [0.5, 0.6) is 0 Å². The Morgan fingerprint density at radius 1 is 0.808 bits per heavy atom. The summed E-state index contributed by atoms with van der Waals surface area (Å²) < 4.78 is 2.51. The van der Waals surface area contributed by atoms with Gasteiger partial charge in [-0.25, -0.2) is 0 Å². The van der Waals surface area contributed by atoms with Crippen molar-refractivity contribution in [2.45, 2.75) is 45.6 Å². The second-order valence-corrected chi connectivity index (χ2v) is 7.05. The normalized spacial score (nSPS) is 11.4. The van der Waals surface area contributed by atoms with Crippen molar-refractivity contribution in [1.29, 1.82) is 0 Å². The van der Waals surface area contributed by atoms with E-state index in [-0.39, 0.29) is 0 Å². The van der Waals surface area contributed by atoms with Crippen molar-refractivity contribution in [2.24, 2.45) is 0 Å². The molecule has 2 aromatic heterocycles. The van der Waals surface area contributed by atoms with Gasteiger partial charge in [-0.2, -0.15) is 0 Å². The Kier molecular flexibility index (Phi) is 5.01. The summed E-state index contributed by atoms with van der Waals surface area (Å²) in [5, 5.41) is 2.67. The zero-order chi connectivity index (χ0) is 17.8. The number of hydrogen-bond donors (Lipinski definition) is 0. The first-order valence-electron chi connectivity index (χ1n) is 9.77. The van der Waals surface area contributed by atoms with E-state index in [1.807, 2.05) is 6.20 Å². The van der Waals surface area contributed by atoms with Gasteiger partial charge < -0.3 is 4.57 Å². The fraction of sp³-hybridized carbons (Fsp3) is 0.292. The number of hydrogen-bond acceptors (Lipinski definition) is 1. The standard InChI is InChI=1S/C24H26N2/c1-2-3-4-10-17-26-23-14-9-8-13-20(23)21-15-16-25-22(24(21)26)18-19-11-6-5-7-12-19/h5-9,11-16H,2-4,10,17-18H2,1H3. The molecule has 4 aromatic rings. The zero-order valence-electron chi connectivity index (χ0n) is 15.5. The third-order valence-electron chi connectivity index (χ3n) is 5.20. The highest BCUT2D eigenvalue weighted by atomic mass is 15.0. The predicted molar refractivity (Wildman–Crippen MR) is 111 cm³/mol. The molecule has 0 atom stereocenters. The molecular formula is C24H26N2. The minimum atomic E-state index is 0.878. The molecule has 2 aromatic carbocycles. The van der Waals surface area contributed by atoms with E-state index in [0.29, 0.717) is 0 Å². The SMILES string of the molecule is CCCCCCn1c2ccccc2c2ccnc(Cc3ccccc3)c21. The zero-order valence-corrected chi connectivity index (χ0v) is 15.5. The molecule has 132 valence electrons. The van der Waals surface area contributed by atoms with Crippen LogP contribution in [0.1, 0.15) is 43.9 Å². The van der Waals surface area contributed by atoms with Gasteiger partial charge in [0.1, 0.15) is 0 Å². The van der Waals surface area contributed by atoms with E-state index in [0.717, 1.165) is 13.0 Å². The minimum Gasteiger partial charge on any atom is -0.339 e. The maximum atomic E-state index is 4.78. The fourth-order valence-electron chi connectivity index (χ4n) is 3.92. The first-order valence-corrected chi connectivity index (χ1v) is 9.77. The third kappa shape index (κ3) is 3.24. The maximum Gasteiger partial charge on any atom is 0.0714 e. The topological polar surface area (TPSA) is 17.8 Å². The average molecular weight is 342 g/mol. The first kappa shape index (κ1) is 16.8. The molecule has 0 aliphatic rings. The fourth-order valence-corrected chi connectivity index (χ4v) is 3.92. The van der Waals surface area contributed by atoms with Crippen molar-refractivity contribution in [3.8, 4) is 0 Å². The van der Waals surface area contributed by atoms with Crippen molar-refractivity contribution < 1.29 is 0 Å².